The Balaban J connectivity index is 1.41. The summed E-state index contributed by atoms with van der Waals surface area (Å²) < 4.78 is 8.25. The van der Waals surface area contributed by atoms with Crippen LogP contribution in [0.5, 0.6) is 0 Å². The van der Waals surface area contributed by atoms with Gasteiger partial charge in [-0.05, 0) is 70.2 Å². The molecule has 1 unspecified atom stereocenters. The van der Waals surface area contributed by atoms with Crippen molar-refractivity contribution in [2.45, 2.75) is 57.1 Å². The van der Waals surface area contributed by atoms with E-state index in [1.165, 1.54) is 21.7 Å². The second kappa shape index (κ2) is 6.97. The van der Waals surface area contributed by atoms with Gasteiger partial charge >= 0.3 is 0 Å². The molecular formula is C21H28N4O2S. The maximum Gasteiger partial charge on any atom is 0.261 e. The average Bonchev–Trinajstić information content (AvgIpc) is 3.26. The summed E-state index contributed by atoms with van der Waals surface area (Å²) in [5.41, 5.74) is 4.66. The molecule has 1 fully saturated rings. The smallest absolute Gasteiger partial charge is 0.261 e. The van der Waals surface area contributed by atoms with Gasteiger partial charge in [-0.25, -0.2) is 0 Å². The zero-order chi connectivity index (χ0) is 19.3. The van der Waals surface area contributed by atoms with Crippen LogP contribution in [0.15, 0.2) is 6.07 Å². The highest BCUT2D eigenvalue weighted by molar-refractivity contribution is 7.14. The minimum atomic E-state index is -0.181. The molecule has 2 aliphatic heterocycles. The summed E-state index contributed by atoms with van der Waals surface area (Å²) in [4.78, 5) is 15.3. The molecule has 5 rings (SSSR count). The van der Waals surface area contributed by atoms with Crippen LogP contribution in [0.2, 0.25) is 0 Å². The molecule has 1 aliphatic carbocycles. The van der Waals surface area contributed by atoms with Crippen molar-refractivity contribution in [3.05, 3.63) is 38.3 Å². The summed E-state index contributed by atoms with van der Waals surface area (Å²) in [6.07, 6.45) is 5.99. The number of rotatable bonds is 2. The Kier molecular flexibility index (Phi) is 4.56. The molecule has 3 aliphatic rings. The highest BCUT2D eigenvalue weighted by Crippen LogP contribution is 2.44. The van der Waals surface area contributed by atoms with Crippen molar-refractivity contribution in [3.63, 3.8) is 0 Å². The summed E-state index contributed by atoms with van der Waals surface area (Å²) in [6.45, 7) is 4.75. The number of nitrogens with zero attached hydrogens (tertiary/aromatic N) is 2. The molecule has 2 aromatic heterocycles. The summed E-state index contributed by atoms with van der Waals surface area (Å²) in [5, 5.41) is 11.3. The van der Waals surface area contributed by atoms with E-state index in [1.54, 1.807) is 11.3 Å². The van der Waals surface area contributed by atoms with Crippen LogP contribution >= 0.6 is 11.3 Å². The normalized spacial score (nSPS) is 23.3. The molecule has 2 N–H and O–H groups in total. The number of carbonyl (C=O) groups excluding carboxylic acids is 1. The van der Waals surface area contributed by atoms with Gasteiger partial charge in [-0.1, -0.05) is 0 Å². The van der Waals surface area contributed by atoms with Crippen LogP contribution in [0.1, 0.15) is 68.8 Å². The molecule has 4 heterocycles. The fourth-order valence-corrected chi connectivity index (χ4v) is 6.51. The minimum Gasteiger partial charge on any atom is -0.369 e. The van der Waals surface area contributed by atoms with Crippen molar-refractivity contribution in [2.24, 2.45) is 7.05 Å². The lowest BCUT2D eigenvalue weighted by Gasteiger charge is -2.40. The molecule has 7 heteroatoms. The first kappa shape index (κ1) is 18.3. The van der Waals surface area contributed by atoms with Gasteiger partial charge in [0, 0.05) is 23.2 Å². The zero-order valence-electron chi connectivity index (χ0n) is 16.6. The molecule has 1 amide bonds. The van der Waals surface area contributed by atoms with Gasteiger partial charge in [0.2, 0.25) is 0 Å². The van der Waals surface area contributed by atoms with Gasteiger partial charge in [0.05, 0.1) is 23.2 Å². The van der Waals surface area contributed by atoms with Crippen LogP contribution in [-0.4, -0.2) is 35.4 Å². The molecule has 0 saturated carbocycles. The molecule has 0 bridgehead atoms. The second-order valence-corrected chi connectivity index (χ2v) is 9.35. The first-order valence-electron chi connectivity index (χ1n) is 10.4. The van der Waals surface area contributed by atoms with E-state index in [2.05, 4.69) is 21.8 Å². The van der Waals surface area contributed by atoms with E-state index >= 15 is 0 Å². The highest BCUT2D eigenvalue weighted by atomic mass is 32.1. The van der Waals surface area contributed by atoms with Crippen LogP contribution in [0.25, 0.3) is 0 Å². The third-order valence-electron chi connectivity index (χ3n) is 6.56. The Labute approximate surface area is 169 Å². The number of aromatic nitrogens is 2. The molecule has 0 aromatic carbocycles. The van der Waals surface area contributed by atoms with Crippen molar-refractivity contribution in [1.82, 2.24) is 20.4 Å². The van der Waals surface area contributed by atoms with Crippen molar-refractivity contribution in [1.29, 1.82) is 0 Å². The molecule has 1 saturated heterocycles. The monoisotopic (exact) mass is 400 g/mol. The maximum atomic E-state index is 13.1. The predicted octanol–water partition coefficient (Wildman–Crippen LogP) is 2.75. The van der Waals surface area contributed by atoms with Crippen molar-refractivity contribution >= 4 is 17.2 Å². The quantitative estimate of drug-likeness (QED) is 0.813. The third-order valence-corrected chi connectivity index (χ3v) is 7.92. The van der Waals surface area contributed by atoms with Crippen molar-refractivity contribution in [3.8, 4) is 0 Å². The highest BCUT2D eigenvalue weighted by Gasteiger charge is 2.41. The second-order valence-electron chi connectivity index (χ2n) is 8.30. The van der Waals surface area contributed by atoms with E-state index in [9.17, 15) is 4.79 Å². The standard InChI is InChI=1S/C21H28N4O2S/c1-13-18-15(4-3-5-16(18)25(2)24-13)23-20(26)17-12-14-6-11-27-21(19(14)28-17)7-9-22-10-8-21/h12,15,22H,3-11H2,1-2H3,(H,23,26). The first-order valence-corrected chi connectivity index (χ1v) is 11.2. The van der Waals surface area contributed by atoms with Gasteiger partial charge in [0.1, 0.15) is 5.60 Å². The van der Waals surface area contributed by atoms with Gasteiger partial charge in [0.25, 0.3) is 5.91 Å². The summed E-state index contributed by atoms with van der Waals surface area (Å²) in [5.74, 6) is 0.0459. The Morgan fingerprint density at radius 2 is 2.21 bits per heavy atom. The molecule has 6 nitrogen and oxygen atoms in total. The van der Waals surface area contributed by atoms with Crippen LogP contribution < -0.4 is 10.6 Å². The van der Waals surface area contributed by atoms with Crippen molar-refractivity contribution < 1.29 is 9.53 Å². The number of nitrogens with one attached hydrogen (secondary N) is 2. The largest absolute Gasteiger partial charge is 0.369 e. The molecule has 28 heavy (non-hydrogen) atoms. The van der Waals surface area contributed by atoms with Gasteiger partial charge in [-0.3, -0.25) is 9.48 Å². The van der Waals surface area contributed by atoms with Crippen LogP contribution in [0, 0.1) is 6.92 Å². The Morgan fingerprint density at radius 3 is 3.04 bits per heavy atom. The number of piperidine rings is 1. The summed E-state index contributed by atoms with van der Waals surface area (Å²) >= 11 is 1.64. The fourth-order valence-electron chi connectivity index (χ4n) is 5.20. The lowest BCUT2D eigenvalue weighted by Crippen LogP contribution is -2.43. The van der Waals surface area contributed by atoms with E-state index in [0.29, 0.717) is 0 Å². The zero-order valence-corrected chi connectivity index (χ0v) is 17.5. The minimum absolute atomic E-state index is 0.0459. The van der Waals surface area contributed by atoms with Gasteiger partial charge < -0.3 is 15.4 Å². The SMILES string of the molecule is Cc1nn(C)c2c1C(NC(=O)c1cc3c(s1)C1(CCNCC1)OCC3)CCC2. The number of fused-ring (bicyclic) bond motifs is 3. The Bertz CT molecular complexity index is 910. The van der Waals surface area contributed by atoms with E-state index in [0.717, 1.165) is 68.8 Å². The fraction of sp³-hybridized carbons (Fsp3) is 0.619. The van der Waals surface area contributed by atoms with Crippen LogP contribution in [0.3, 0.4) is 0 Å². The Morgan fingerprint density at radius 1 is 1.39 bits per heavy atom. The molecule has 1 spiro atoms. The van der Waals surface area contributed by atoms with Crippen molar-refractivity contribution in [2.75, 3.05) is 19.7 Å². The number of amides is 1. The third kappa shape index (κ3) is 2.91. The first-order chi connectivity index (χ1) is 13.6. The van der Waals surface area contributed by atoms with E-state index < -0.39 is 0 Å². The topological polar surface area (TPSA) is 68.2 Å². The molecule has 1 atom stereocenters. The van der Waals surface area contributed by atoms with Gasteiger partial charge in [0.15, 0.2) is 0 Å². The van der Waals surface area contributed by atoms with Gasteiger partial charge in [-0.2, -0.15) is 5.10 Å². The van der Waals surface area contributed by atoms with E-state index in [1.807, 2.05) is 18.7 Å². The van der Waals surface area contributed by atoms with Gasteiger partial charge in [-0.15, -0.1) is 11.3 Å². The van der Waals surface area contributed by atoms with E-state index in [-0.39, 0.29) is 17.6 Å². The lowest BCUT2D eigenvalue weighted by atomic mass is 9.86. The number of thiophene rings is 1. The number of ether oxygens (including phenoxy) is 1. The number of carbonyl (C=O) groups is 1. The van der Waals surface area contributed by atoms with Crippen LogP contribution in [-0.2, 0) is 30.2 Å². The Hall–Kier alpha value is -1.70. The molecule has 0 radical (unpaired) electrons. The molecule has 2 aromatic rings. The summed E-state index contributed by atoms with van der Waals surface area (Å²) in [7, 11) is 2.00. The van der Waals surface area contributed by atoms with E-state index in [4.69, 9.17) is 4.74 Å². The maximum absolute atomic E-state index is 13.1. The number of hydrogen-bond acceptors (Lipinski definition) is 5. The predicted molar refractivity (Wildman–Crippen MR) is 109 cm³/mol. The lowest BCUT2D eigenvalue weighted by molar-refractivity contribution is -0.0771. The number of hydrogen-bond donors (Lipinski definition) is 2. The average molecular weight is 401 g/mol. The molecule has 150 valence electrons. The number of aryl methyl sites for hydroxylation is 2. The molecular weight excluding hydrogens is 372 g/mol. The summed E-state index contributed by atoms with van der Waals surface area (Å²) in [6, 6.07) is 2.18. The van der Waals surface area contributed by atoms with Crippen LogP contribution in [0.4, 0.5) is 0 Å².